The highest BCUT2D eigenvalue weighted by atomic mass is 19.1. The summed E-state index contributed by atoms with van der Waals surface area (Å²) in [6, 6.07) is 7.20. The lowest BCUT2D eigenvalue weighted by Gasteiger charge is -2.50. The van der Waals surface area contributed by atoms with Gasteiger partial charge in [-0.3, -0.25) is 4.79 Å². The Labute approximate surface area is 149 Å². The maximum absolute atomic E-state index is 13.8. The number of morpholine rings is 1. The molecule has 0 N–H and O–H groups in total. The van der Waals surface area contributed by atoms with Crippen molar-refractivity contribution in [2.24, 2.45) is 0 Å². The van der Waals surface area contributed by atoms with Crippen LogP contribution in [0.5, 0.6) is 0 Å². The molecule has 0 aliphatic carbocycles. The zero-order valence-electron chi connectivity index (χ0n) is 15.5. The molecule has 1 atom stereocenters. The van der Waals surface area contributed by atoms with Gasteiger partial charge in [-0.25, -0.2) is 4.39 Å². The van der Waals surface area contributed by atoms with Gasteiger partial charge in [-0.05, 0) is 51.7 Å². The monoisotopic (exact) mass is 348 g/mol. The van der Waals surface area contributed by atoms with Crippen molar-refractivity contribution in [3.8, 4) is 0 Å². The maximum atomic E-state index is 13.8. The van der Waals surface area contributed by atoms with Crippen molar-refractivity contribution in [2.45, 2.75) is 57.8 Å². The molecule has 1 aromatic rings. The number of hydrogen-bond donors (Lipinski definition) is 0. The van der Waals surface area contributed by atoms with Crippen molar-refractivity contribution in [3.63, 3.8) is 0 Å². The molecule has 2 aliphatic rings. The standard InChI is InChI=1S/C20H29FN2O2/c1-15(2)23-14-20(25-16(3)19(23)24)9-12-22(13-10-20)11-8-17-6-4-5-7-18(17)21/h4-7,15-16H,8-14H2,1-3H3. The Morgan fingerprint density at radius 1 is 1.28 bits per heavy atom. The lowest BCUT2D eigenvalue weighted by Crippen LogP contribution is -2.62. The van der Waals surface area contributed by atoms with E-state index in [0.29, 0.717) is 6.54 Å². The van der Waals surface area contributed by atoms with Crippen LogP contribution in [0.4, 0.5) is 4.39 Å². The van der Waals surface area contributed by atoms with E-state index in [4.69, 9.17) is 4.74 Å². The number of likely N-dealkylation sites (tertiary alicyclic amines) is 1. The number of amides is 1. The SMILES string of the molecule is CC1OC2(CCN(CCc3ccccc3F)CC2)CN(C(C)C)C1=O. The number of nitrogens with zero attached hydrogens (tertiary/aromatic N) is 2. The molecular weight excluding hydrogens is 319 g/mol. The van der Waals surface area contributed by atoms with Crippen LogP contribution in [0.25, 0.3) is 0 Å². The topological polar surface area (TPSA) is 32.8 Å². The minimum Gasteiger partial charge on any atom is -0.360 e. The van der Waals surface area contributed by atoms with Crippen LogP contribution in [-0.4, -0.2) is 59.6 Å². The molecule has 2 heterocycles. The van der Waals surface area contributed by atoms with Crippen molar-refractivity contribution in [3.05, 3.63) is 35.6 Å². The van der Waals surface area contributed by atoms with E-state index in [-0.39, 0.29) is 29.5 Å². The minimum atomic E-state index is -0.360. The van der Waals surface area contributed by atoms with Crippen LogP contribution in [0, 0.1) is 5.82 Å². The summed E-state index contributed by atoms with van der Waals surface area (Å²) in [4.78, 5) is 16.6. The van der Waals surface area contributed by atoms with E-state index in [1.165, 1.54) is 6.07 Å². The molecule has 5 heteroatoms. The zero-order chi connectivity index (χ0) is 18.0. The fraction of sp³-hybridized carbons (Fsp3) is 0.650. The Balaban J connectivity index is 1.56. The van der Waals surface area contributed by atoms with Crippen molar-refractivity contribution in [1.29, 1.82) is 0 Å². The molecule has 0 radical (unpaired) electrons. The number of benzene rings is 1. The van der Waals surface area contributed by atoms with Gasteiger partial charge in [-0.2, -0.15) is 0 Å². The average Bonchev–Trinajstić information content (AvgIpc) is 2.59. The third-order valence-corrected chi connectivity index (χ3v) is 5.56. The van der Waals surface area contributed by atoms with Gasteiger partial charge in [-0.15, -0.1) is 0 Å². The normalized spacial score (nSPS) is 24.3. The zero-order valence-corrected chi connectivity index (χ0v) is 15.5. The van der Waals surface area contributed by atoms with Crippen molar-refractivity contribution >= 4 is 5.91 Å². The van der Waals surface area contributed by atoms with Gasteiger partial charge >= 0.3 is 0 Å². The second kappa shape index (κ2) is 7.42. The van der Waals surface area contributed by atoms with Gasteiger partial charge < -0.3 is 14.5 Å². The number of carbonyl (C=O) groups is 1. The van der Waals surface area contributed by atoms with Gasteiger partial charge in [0.1, 0.15) is 11.9 Å². The second-order valence-electron chi connectivity index (χ2n) is 7.69. The predicted molar refractivity (Wildman–Crippen MR) is 95.9 cm³/mol. The highest BCUT2D eigenvalue weighted by Crippen LogP contribution is 2.33. The Bertz CT molecular complexity index is 611. The molecule has 2 saturated heterocycles. The van der Waals surface area contributed by atoms with E-state index in [9.17, 15) is 9.18 Å². The first-order chi connectivity index (χ1) is 11.9. The van der Waals surface area contributed by atoms with Gasteiger partial charge in [0.25, 0.3) is 5.91 Å². The van der Waals surface area contributed by atoms with E-state index in [0.717, 1.165) is 44.5 Å². The van der Waals surface area contributed by atoms with Gasteiger partial charge in [0, 0.05) is 25.7 Å². The first-order valence-electron chi connectivity index (χ1n) is 9.34. The third kappa shape index (κ3) is 4.04. The highest BCUT2D eigenvalue weighted by molar-refractivity contribution is 5.81. The number of rotatable bonds is 4. The van der Waals surface area contributed by atoms with Crippen LogP contribution in [0.3, 0.4) is 0 Å². The Morgan fingerprint density at radius 2 is 1.96 bits per heavy atom. The molecule has 3 rings (SSSR count). The Kier molecular flexibility index (Phi) is 5.44. The molecule has 1 amide bonds. The number of ether oxygens (including phenoxy) is 1. The van der Waals surface area contributed by atoms with Gasteiger partial charge in [0.15, 0.2) is 0 Å². The molecule has 25 heavy (non-hydrogen) atoms. The van der Waals surface area contributed by atoms with E-state index >= 15 is 0 Å². The van der Waals surface area contributed by atoms with E-state index in [2.05, 4.69) is 18.7 Å². The second-order valence-corrected chi connectivity index (χ2v) is 7.69. The van der Waals surface area contributed by atoms with Crippen LogP contribution in [0.15, 0.2) is 24.3 Å². The molecule has 1 unspecified atom stereocenters. The summed E-state index contributed by atoms with van der Waals surface area (Å²) in [6.45, 7) is 9.40. The quantitative estimate of drug-likeness (QED) is 0.839. The van der Waals surface area contributed by atoms with Crippen LogP contribution < -0.4 is 0 Å². The van der Waals surface area contributed by atoms with Crippen LogP contribution >= 0.6 is 0 Å². The largest absolute Gasteiger partial charge is 0.360 e. The molecule has 2 aliphatic heterocycles. The molecule has 4 nitrogen and oxygen atoms in total. The summed E-state index contributed by atoms with van der Waals surface area (Å²) in [6.07, 6.45) is 2.21. The van der Waals surface area contributed by atoms with E-state index in [1.54, 1.807) is 6.07 Å². The van der Waals surface area contributed by atoms with Crippen molar-refractivity contribution in [1.82, 2.24) is 9.80 Å². The number of halogens is 1. The number of hydrogen-bond acceptors (Lipinski definition) is 3. The minimum absolute atomic E-state index is 0.0996. The molecular formula is C20H29FN2O2. The molecule has 138 valence electrons. The van der Waals surface area contributed by atoms with Crippen LogP contribution in [0.2, 0.25) is 0 Å². The summed E-state index contributed by atoms with van der Waals surface area (Å²) < 4.78 is 19.9. The third-order valence-electron chi connectivity index (χ3n) is 5.56. The van der Waals surface area contributed by atoms with Gasteiger partial charge in [0.05, 0.1) is 12.1 Å². The fourth-order valence-electron chi connectivity index (χ4n) is 3.96. The molecule has 0 aromatic heterocycles. The molecule has 2 fully saturated rings. The number of carbonyl (C=O) groups excluding carboxylic acids is 1. The maximum Gasteiger partial charge on any atom is 0.251 e. The summed E-state index contributed by atoms with van der Waals surface area (Å²) >= 11 is 0. The predicted octanol–water partition coefficient (Wildman–Crippen LogP) is 2.86. The fourth-order valence-corrected chi connectivity index (χ4v) is 3.96. The Morgan fingerprint density at radius 3 is 2.60 bits per heavy atom. The highest BCUT2D eigenvalue weighted by Gasteiger charge is 2.45. The summed E-state index contributed by atoms with van der Waals surface area (Å²) in [5.74, 6) is -0.0193. The van der Waals surface area contributed by atoms with E-state index in [1.807, 2.05) is 24.0 Å². The van der Waals surface area contributed by atoms with Gasteiger partial charge in [-0.1, -0.05) is 18.2 Å². The molecule has 1 spiro atoms. The van der Waals surface area contributed by atoms with Crippen molar-refractivity contribution < 1.29 is 13.9 Å². The van der Waals surface area contributed by atoms with Crippen molar-refractivity contribution in [2.75, 3.05) is 26.2 Å². The van der Waals surface area contributed by atoms with E-state index < -0.39 is 0 Å². The molecule has 0 bridgehead atoms. The summed E-state index contributed by atoms with van der Waals surface area (Å²) in [5, 5.41) is 0. The van der Waals surface area contributed by atoms with Crippen LogP contribution in [-0.2, 0) is 16.0 Å². The lowest BCUT2D eigenvalue weighted by molar-refractivity contribution is -0.192. The summed E-state index contributed by atoms with van der Waals surface area (Å²) in [5.41, 5.74) is 0.563. The first-order valence-corrected chi connectivity index (χ1v) is 9.34. The first kappa shape index (κ1) is 18.3. The number of piperidine rings is 1. The summed E-state index contributed by atoms with van der Waals surface area (Å²) in [7, 11) is 0. The molecule has 0 saturated carbocycles. The smallest absolute Gasteiger partial charge is 0.251 e. The van der Waals surface area contributed by atoms with Crippen LogP contribution in [0.1, 0.15) is 39.2 Å². The lowest BCUT2D eigenvalue weighted by atomic mass is 9.88. The average molecular weight is 348 g/mol. The molecule has 1 aromatic carbocycles. The Hall–Kier alpha value is -1.46. The van der Waals surface area contributed by atoms with Gasteiger partial charge in [0.2, 0.25) is 0 Å².